The van der Waals surface area contributed by atoms with Crippen LogP contribution >= 0.6 is 0 Å². The van der Waals surface area contributed by atoms with Crippen molar-refractivity contribution in [1.82, 2.24) is 4.90 Å². The lowest BCUT2D eigenvalue weighted by Gasteiger charge is -2.15. The second-order valence-corrected chi connectivity index (χ2v) is 3.00. The first kappa shape index (κ1) is 11.9. The van der Waals surface area contributed by atoms with Crippen molar-refractivity contribution in [2.75, 3.05) is 39.9 Å². The maximum atomic E-state index is 5.39. The second-order valence-electron chi connectivity index (χ2n) is 3.00. The lowest BCUT2D eigenvalue weighted by atomic mass is 10.3. The van der Waals surface area contributed by atoms with Gasteiger partial charge in [-0.2, -0.15) is 0 Å². The highest BCUT2D eigenvalue weighted by Gasteiger charge is 1.96. The molecule has 0 aliphatic rings. The Labute approximate surface area is 75.9 Å². The summed E-state index contributed by atoms with van der Waals surface area (Å²) in [5, 5.41) is 0. The summed E-state index contributed by atoms with van der Waals surface area (Å²) in [6.45, 7) is 6.64. The van der Waals surface area contributed by atoms with E-state index in [1.807, 2.05) is 6.92 Å². The Bertz CT molecular complexity index is 78.6. The summed E-state index contributed by atoms with van der Waals surface area (Å²) in [4.78, 5) is 2.28. The zero-order valence-corrected chi connectivity index (χ0v) is 8.38. The largest absolute Gasteiger partial charge is 0.380 e. The van der Waals surface area contributed by atoms with Crippen LogP contribution in [-0.2, 0) is 4.74 Å². The van der Waals surface area contributed by atoms with Crippen LogP contribution in [0.5, 0.6) is 0 Å². The molecule has 2 N–H and O–H groups in total. The number of hydrogen-bond donors (Lipinski definition) is 1. The number of hydrogen-bond acceptors (Lipinski definition) is 3. The van der Waals surface area contributed by atoms with Crippen molar-refractivity contribution >= 4 is 0 Å². The molecule has 74 valence electrons. The molecule has 0 aromatic rings. The molecule has 0 bridgehead atoms. The van der Waals surface area contributed by atoms with Crippen LogP contribution < -0.4 is 5.73 Å². The summed E-state index contributed by atoms with van der Waals surface area (Å²) >= 11 is 0. The zero-order valence-electron chi connectivity index (χ0n) is 8.38. The van der Waals surface area contributed by atoms with E-state index >= 15 is 0 Å². The predicted octanol–water partition coefficient (Wildman–Crippen LogP) is 0.694. The van der Waals surface area contributed by atoms with E-state index in [-0.39, 0.29) is 0 Å². The van der Waals surface area contributed by atoms with Crippen LogP contribution in [0.2, 0.25) is 0 Å². The number of nitrogens with zero attached hydrogens (tertiary/aromatic N) is 1. The van der Waals surface area contributed by atoms with Gasteiger partial charge in [0.15, 0.2) is 0 Å². The lowest BCUT2D eigenvalue weighted by Crippen LogP contribution is -2.24. The molecule has 0 unspecified atom stereocenters. The summed E-state index contributed by atoms with van der Waals surface area (Å²) in [7, 11) is 2.12. The predicted molar refractivity (Wildman–Crippen MR) is 52.3 cm³/mol. The third-order valence-corrected chi connectivity index (χ3v) is 1.82. The molecule has 0 radical (unpaired) electrons. The maximum absolute atomic E-state index is 5.39. The molecule has 0 saturated carbocycles. The minimum Gasteiger partial charge on any atom is -0.380 e. The number of rotatable bonds is 8. The van der Waals surface area contributed by atoms with Gasteiger partial charge in [0.05, 0.1) is 6.61 Å². The normalized spacial score (nSPS) is 11.0. The average Bonchev–Trinajstić information content (AvgIpc) is 2.06. The maximum Gasteiger partial charge on any atom is 0.0593 e. The molecule has 0 aliphatic carbocycles. The fraction of sp³-hybridized carbons (Fsp3) is 1.00. The van der Waals surface area contributed by atoms with E-state index in [0.29, 0.717) is 0 Å². The van der Waals surface area contributed by atoms with Gasteiger partial charge in [-0.25, -0.2) is 0 Å². The quantitative estimate of drug-likeness (QED) is 0.550. The molecule has 0 heterocycles. The number of likely N-dealkylation sites (N-methyl/N-ethyl adjacent to an activating group) is 1. The van der Waals surface area contributed by atoms with Gasteiger partial charge < -0.3 is 15.4 Å². The first-order valence-corrected chi connectivity index (χ1v) is 4.77. The van der Waals surface area contributed by atoms with E-state index in [1.165, 1.54) is 6.42 Å². The van der Waals surface area contributed by atoms with Gasteiger partial charge in [-0.3, -0.25) is 0 Å². The van der Waals surface area contributed by atoms with Gasteiger partial charge in [0.2, 0.25) is 0 Å². The van der Waals surface area contributed by atoms with Gasteiger partial charge in [-0.05, 0) is 39.9 Å². The highest BCUT2D eigenvalue weighted by atomic mass is 16.5. The van der Waals surface area contributed by atoms with Crippen LogP contribution in [0.3, 0.4) is 0 Å². The Morgan fingerprint density at radius 2 is 2.00 bits per heavy atom. The molecule has 0 aliphatic heterocycles. The molecular weight excluding hydrogens is 152 g/mol. The molecule has 0 fully saturated rings. The van der Waals surface area contributed by atoms with E-state index < -0.39 is 0 Å². The number of unbranched alkanes of at least 4 members (excludes halogenated alkanes) is 1. The molecule has 3 heteroatoms. The fourth-order valence-corrected chi connectivity index (χ4v) is 1.00. The molecule has 0 aromatic heterocycles. The molecule has 0 saturated heterocycles. The van der Waals surface area contributed by atoms with Crippen LogP contribution in [0.25, 0.3) is 0 Å². The first-order valence-electron chi connectivity index (χ1n) is 4.77. The third-order valence-electron chi connectivity index (χ3n) is 1.82. The van der Waals surface area contributed by atoms with Crippen molar-refractivity contribution in [3.8, 4) is 0 Å². The smallest absolute Gasteiger partial charge is 0.0593 e. The molecule has 0 atom stereocenters. The third kappa shape index (κ3) is 7.98. The van der Waals surface area contributed by atoms with E-state index in [9.17, 15) is 0 Å². The van der Waals surface area contributed by atoms with Gasteiger partial charge in [0, 0.05) is 13.2 Å². The number of ether oxygens (including phenoxy) is 1. The van der Waals surface area contributed by atoms with Crippen molar-refractivity contribution in [2.45, 2.75) is 19.8 Å². The highest BCUT2D eigenvalue weighted by molar-refractivity contribution is 4.51. The van der Waals surface area contributed by atoms with E-state index in [0.717, 1.165) is 39.3 Å². The minimum atomic E-state index is 0.805. The van der Waals surface area contributed by atoms with Crippen molar-refractivity contribution < 1.29 is 4.74 Å². The van der Waals surface area contributed by atoms with E-state index in [2.05, 4.69) is 11.9 Å². The number of nitrogens with two attached hydrogens (primary N) is 1. The lowest BCUT2D eigenvalue weighted by molar-refractivity contribution is 0.122. The van der Waals surface area contributed by atoms with Crippen molar-refractivity contribution in [1.29, 1.82) is 0 Å². The Morgan fingerprint density at radius 3 is 2.58 bits per heavy atom. The van der Waals surface area contributed by atoms with Gasteiger partial charge in [0.25, 0.3) is 0 Å². The second kappa shape index (κ2) is 8.97. The summed E-state index contributed by atoms with van der Waals surface area (Å²) < 4.78 is 5.24. The van der Waals surface area contributed by atoms with Gasteiger partial charge in [-0.1, -0.05) is 0 Å². The topological polar surface area (TPSA) is 38.5 Å². The Morgan fingerprint density at radius 1 is 1.25 bits per heavy atom. The van der Waals surface area contributed by atoms with Crippen molar-refractivity contribution in [2.24, 2.45) is 5.73 Å². The SMILES string of the molecule is CCOCCN(C)CCCCN. The highest BCUT2D eigenvalue weighted by Crippen LogP contribution is 1.90. The van der Waals surface area contributed by atoms with Gasteiger partial charge in [-0.15, -0.1) is 0 Å². The molecule has 0 aromatic carbocycles. The van der Waals surface area contributed by atoms with Crippen LogP contribution in [0.15, 0.2) is 0 Å². The van der Waals surface area contributed by atoms with E-state index in [4.69, 9.17) is 10.5 Å². The Balaban J connectivity index is 3.04. The summed E-state index contributed by atoms with van der Waals surface area (Å²) in [5.41, 5.74) is 5.39. The molecule has 0 amide bonds. The molecule has 0 spiro atoms. The van der Waals surface area contributed by atoms with Crippen LogP contribution in [0, 0.1) is 0 Å². The van der Waals surface area contributed by atoms with Crippen LogP contribution in [0.1, 0.15) is 19.8 Å². The Hall–Kier alpha value is -0.120. The van der Waals surface area contributed by atoms with Crippen LogP contribution in [0.4, 0.5) is 0 Å². The summed E-state index contributed by atoms with van der Waals surface area (Å²) in [6.07, 6.45) is 2.32. The van der Waals surface area contributed by atoms with E-state index in [1.54, 1.807) is 0 Å². The van der Waals surface area contributed by atoms with Gasteiger partial charge in [0.1, 0.15) is 0 Å². The monoisotopic (exact) mass is 174 g/mol. The summed E-state index contributed by atoms with van der Waals surface area (Å²) in [6, 6.07) is 0. The molecule has 3 nitrogen and oxygen atoms in total. The molecule has 12 heavy (non-hydrogen) atoms. The van der Waals surface area contributed by atoms with Crippen LogP contribution in [-0.4, -0.2) is 44.8 Å². The molecule has 0 rings (SSSR count). The van der Waals surface area contributed by atoms with Gasteiger partial charge >= 0.3 is 0 Å². The first-order chi connectivity index (χ1) is 5.81. The van der Waals surface area contributed by atoms with Crippen molar-refractivity contribution in [3.05, 3.63) is 0 Å². The average molecular weight is 174 g/mol. The van der Waals surface area contributed by atoms with Crippen molar-refractivity contribution in [3.63, 3.8) is 0 Å². The standard InChI is InChI=1S/C9H22N2O/c1-3-12-9-8-11(2)7-5-4-6-10/h3-10H2,1-2H3. The summed E-state index contributed by atoms with van der Waals surface area (Å²) in [5.74, 6) is 0. The molecular formula is C9H22N2O. The Kier molecular flexibility index (Phi) is 8.88. The zero-order chi connectivity index (χ0) is 9.23. The fourth-order valence-electron chi connectivity index (χ4n) is 1.00. The minimum absolute atomic E-state index is 0.805.